The lowest BCUT2D eigenvalue weighted by atomic mass is 10.2. The maximum atomic E-state index is 13.6. The topological polar surface area (TPSA) is 72.4 Å². The molecule has 1 amide bonds. The van der Waals surface area contributed by atoms with Crippen molar-refractivity contribution in [2.24, 2.45) is 0 Å². The van der Waals surface area contributed by atoms with Crippen molar-refractivity contribution in [3.8, 4) is 11.6 Å². The van der Waals surface area contributed by atoms with Crippen LogP contribution in [0.3, 0.4) is 0 Å². The quantitative estimate of drug-likeness (QED) is 0.695. The van der Waals surface area contributed by atoms with Gasteiger partial charge in [-0.05, 0) is 18.2 Å². The second-order valence-corrected chi connectivity index (χ2v) is 5.33. The molecule has 0 fully saturated rings. The van der Waals surface area contributed by atoms with Crippen molar-refractivity contribution in [1.82, 2.24) is 15.0 Å². The van der Waals surface area contributed by atoms with Crippen LogP contribution in [0.25, 0.3) is 11.6 Å². The van der Waals surface area contributed by atoms with E-state index in [0.29, 0.717) is 29.5 Å². The molecule has 0 unspecified atom stereocenters. The van der Waals surface area contributed by atoms with Gasteiger partial charge in [-0.1, -0.05) is 23.4 Å². The Bertz CT molecular complexity index is 814. The van der Waals surface area contributed by atoms with E-state index in [0.717, 1.165) is 0 Å². The number of halogens is 1. The van der Waals surface area contributed by atoms with Gasteiger partial charge >= 0.3 is 0 Å². The summed E-state index contributed by atoms with van der Waals surface area (Å²) < 4.78 is 23.9. The van der Waals surface area contributed by atoms with Crippen LogP contribution in [0.2, 0.25) is 0 Å². The molecule has 0 atom stereocenters. The lowest BCUT2D eigenvalue weighted by molar-refractivity contribution is -0.130. The Labute approximate surface area is 137 Å². The molecule has 2 aromatic heterocycles. The number of rotatable bonds is 6. The van der Waals surface area contributed by atoms with Crippen molar-refractivity contribution < 1.29 is 18.1 Å². The van der Waals surface area contributed by atoms with Gasteiger partial charge in [-0.2, -0.15) is 4.98 Å². The van der Waals surface area contributed by atoms with E-state index in [4.69, 9.17) is 8.94 Å². The SMILES string of the molecule is CN(Cc1ccccc1F)C(=O)CCc1nc(-c2ccco2)no1. The molecule has 124 valence electrons. The van der Waals surface area contributed by atoms with Crippen LogP contribution in [0.4, 0.5) is 4.39 Å². The van der Waals surface area contributed by atoms with Crippen LogP contribution in [0, 0.1) is 5.82 Å². The highest BCUT2D eigenvalue weighted by atomic mass is 19.1. The highest BCUT2D eigenvalue weighted by Gasteiger charge is 2.15. The molecule has 0 radical (unpaired) electrons. The van der Waals surface area contributed by atoms with E-state index in [1.165, 1.54) is 17.2 Å². The molecule has 24 heavy (non-hydrogen) atoms. The number of aromatic nitrogens is 2. The first kappa shape index (κ1) is 15.9. The molecular formula is C17H16FN3O3. The van der Waals surface area contributed by atoms with Crippen molar-refractivity contribution in [3.05, 3.63) is 59.9 Å². The number of amides is 1. The maximum Gasteiger partial charge on any atom is 0.238 e. The maximum absolute atomic E-state index is 13.6. The lowest BCUT2D eigenvalue weighted by Crippen LogP contribution is -2.26. The van der Waals surface area contributed by atoms with E-state index in [1.54, 1.807) is 37.4 Å². The molecule has 6 nitrogen and oxygen atoms in total. The van der Waals surface area contributed by atoms with Crippen molar-refractivity contribution in [2.75, 3.05) is 7.05 Å². The van der Waals surface area contributed by atoms with E-state index >= 15 is 0 Å². The largest absolute Gasteiger partial charge is 0.461 e. The number of furan rings is 1. The number of hydrogen-bond acceptors (Lipinski definition) is 5. The molecule has 3 rings (SSSR count). The summed E-state index contributed by atoms with van der Waals surface area (Å²) in [7, 11) is 1.64. The highest BCUT2D eigenvalue weighted by Crippen LogP contribution is 2.16. The summed E-state index contributed by atoms with van der Waals surface area (Å²) in [6.45, 7) is 0.215. The summed E-state index contributed by atoms with van der Waals surface area (Å²) in [5.41, 5.74) is 0.478. The molecule has 0 bridgehead atoms. The first-order chi connectivity index (χ1) is 11.6. The Morgan fingerprint density at radius 3 is 2.83 bits per heavy atom. The number of aryl methyl sites for hydroxylation is 1. The fourth-order valence-corrected chi connectivity index (χ4v) is 2.24. The fraction of sp³-hybridized carbons (Fsp3) is 0.235. The third kappa shape index (κ3) is 3.68. The summed E-state index contributed by atoms with van der Waals surface area (Å²) in [6.07, 6.45) is 2.03. The number of benzene rings is 1. The molecule has 0 aliphatic carbocycles. The van der Waals surface area contributed by atoms with E-state index in [-0.39, 0.29) is 24.7 Å². The van der Waals surface area contributed by atoms with Crippen molar-refractivity contribution in [3.63, 3.8) is 0 Å². The van der Waals surface area contributed by atoms with Crippen molar-refractivity contribution in [2.45, 2.75) is 19.4 Å². The summed E-state index contributed by atoms with van der Waals surface area (Å²) in [4.78, 5) is 17.8. The van der Waals surface area contributed by atoms with Crippen LogP contribution >= 0.6 is 0 Å². The summed E-state index contributed by atoms with van der Waals surface area (Å²) in [5, 5.41) is 3.81. The molecule has 1 aromatic carbocycles. The van der Waals surface area contributed by atoms with Crippen LogP contribution in [0.15, 0.2) is 51.6 Å². The average Bonchev–Trinajstić information content (AvgIpc) is 3.25. The second-order valence-electron chi connectivity index (χ2n) is 5.33. The molecule has 7 heteroatoms. The van der Waals surface area contributed by atoms with E-state index in [9.17, 15) is 9.18 Å². The Morgan fingerprint density at radius 2 is 2.08 bits per heavy atom. The first-order valence-electron chi connectivity index (χ1n) is 7.47. The fourth-order valence-electron chi connectivity index (χ4n) is 2.24. The predicted molar refractivity (Wildman–Crippen MR) is 83.2 cm³/mol. The predicted octanol–water partition coefficient (Wildman–Crippen LogP) is 3.06. The first-order valence-corrected chi connectivity index (χ1v) is 7.47. The van der Waals surface area contributed by atoms with Gasteiger partial charge in [0, 0.05) is 32.0 Å². The number of carbonyl (C=O) groups is 1. The molecule has 0 aliphatic heterocycles. The molecule has 3 aromatic rings. The van der Waals surface area contributed by atoms with Gasteiger partial charge in [0.2, 0.25) is 17.6 Å². The third-order valence-corrected chi connectivity index (χ3v) is 3.55. The summed E-state index contributed by atoms with van der Waals surface area (Å²) in [5.74, 6) is 0.761. The minimum Gasteiger partial charge on any atom is -0.461 e. The number of carbonyl (C=O) groups excluding carboxylic acids is 1. The zero-order valence-corrected chi connectivity index (χ0v) is 13.1. The van der Waals surface area contributed by atoms with Gasteiger partial charge in [-0.25, -0.2) is 4.39 Å². The smallest absolute Gasteiger partial charge is 0.238 e. The Kier molecular flexibility index (Phi) is 4.69. The van der Waals surface area contributed by atoms with E-state index in [2.05, 4.69) is 10.1 Å². The van der Waals surface area contributed by atoms with Gasteiger partial charge in [0.15, 0.2) is 5.76 Å². The number of hydrogen-bond donors (Lipinski definition) is 0. The van der Waals surface area contributed by atoms with Gasteiger partial charge < -0.3 is 13.8 Å². The Hall–Kier alpha value is -2.96. The molecule has 0 aliphatic rings. The van der Waals surface area contributed by atoms with Crippen LogP contribution in [-0.2, 0) is 17.8 Å². The minimum atomic E-state index is -0.322. The normalized spacial score (nSPS) is 10.8. The Balaban J connectivity index is 1.54. The van der Waals surface area contributed by atoms with Gasteiger partial charge in [0.25, 0.3) is 0 Å². The van der Waals surface area contributed by atoms with Crippen LogP contribution in [-0.4, -0.2) is 28.0 Å². The lowest BCUT2D eigenvalue weighted by Gasteiger charge is -2.17. The van der Waals surface area contributed by atoms with E-state index in [1.807, 2.05) is 0 Å². The van der Waals surface area contributed by atoms with Crippen LogP contribution < -0.4 is 0 Å². The average molecular weight is 329 g/mol. The molecule has 0 saturated carbocycles. The summed E-state index contributed by atoms with van der Waals surface area (Å²) in [6, 6.07) is 9.85. The number of nitrogens with zero attached hydrogens (tertiary/aromatic N) is 3. The minimum absolute atomic E-state index is 0.129. The zero-order chi connectivity index (χ0) is 16.9. The van der Waals surface area contributed by atoms with Crippen LogP contribution in [0.1, 0.15) is 17.9 Å². The zero-order valence-electron chi connectivity index (χ0n) is 13.1. The highest BCUT2D eigenvalue weighted by molar-refractivity contribution is 5.76. The molecule has 0 N–H and O–H groups in total. The molecule has 0 saturated heterocycles. The molecule has 2 heterocycles. The standard InChI is InChI=1S/C17H16FN3O3/c1-21(11-12-5-2-3-6-13(12)18)16(22)9-8-15-19-17(20-24-15)14-7-4-10-23-14/h2-7,10H,8-9,11H2,1H3. The van der Waals surface area contributed by atoms with Crippen molar-refractivity contribution in [1.29, 1.82) is 0 Å². The van der Waals surface area contributed by atoms with E-state index < -0.39 is 0 Å². The van der Waals surface area contributed by atoms with Gasteiger partial charge in [-0.15, -0.1) is 0 Å². The van der Waals surface area contributed by atoms with Gasteiger partial charge in [0.1, 0.15) is 5.82 Å². The van der Waals surface area contributed by atoms with Crippen molar-refractivity contribution >= 4 is 5.91 Å². The monoisotopic (exact) mass is 329 g/mol. The van der Waals surface area contributed by atoms with Crippen LogP contribution in [0.5, 0.6) is 0 Å². The Morgan fingerprint density at radius 1 is 1.25 bits per heavy atom. The van der Waals surface area contributed by atoms with Gasteiger partial charge in [0.05, 0.1) is 6.26 Å². The molecule has 0 spiro atoms. The summed E-state index contributed by atoms with van der Waals surface area (Å²) >= 11 is 0. The van der Waals surface area contributed by atoms with Gasteiger partial charge in [-0.3, -0.25) is 4.79 Å². The molecular weight excluding hydrogens is 313 g/mol. The third-order valence-electron chi connectivity index (χ3n) is 3.55. The second kappa shape index (κ2) is 7.08.